The SMILES string of the molecule is CC(C)C1C(C)[S+]2c3ccccc3[S+]1c1ccccc12. The van der Waals surface area contributed by atoms with Gasteiger partial charge >= 0.3 is 0 Å². The maximum Gasteiger partial charge on any atom is 0.216 e. The van der Waals surface area contributed by atoms with Gasteiger partial charge in [0, 0.05) is 5.92 Å². The molecule has 0 saturated heterocycles. The van der Waals surface area contributed by atoms with Crippen molar-refractivity contribution < 1.29 is 0 Å². The van der Waals surface area contributed by atoms with Gasteiger partial charge in [-0.2, -0.15) is 0 Å². The van der Waals surface area contributed by atoms with Crippen LogP contribution in [0.1, 0.15) is 20.8 Å². The molecular weight excluding hydrogens is 280 g/mol. The van der Waals surface area contributed by atoms with Gasteiger partial charge in [-0.25, -0.2) is 0 Å². The third-order valence-corrected chi connectivity index (χ3v) is 10.7. The molecule has 0 amide bonds. The zero-order valence-corrected chi connectivity index (χ0v) is 13.8. The van der Waals surface area contributed by atoms with E-state index in [0.29, 0.717) is 0 Å². The van der Waals surface area contributed by atoms with Crippen LogP contribution in [0.2, 0.25) is 0 Å². The fourth-order valence-electron chi connectivity index (χ4n) is 3.70. The summed E-state index contributed by atoms with van der Waals surface area (Å²) >= 11 is 0. The Kier molecular flexibility index (Phi) is 2.94. The third kappa shape index (κ3) is 1.58. The van der Waals surface area contributed by atoms with Crippen molar-refractivity contribution in [2.45, 2.75) is 50.9 Å². The second-order valence-corrected chi connectivity index (χ2v) is 10.4. The molecule has 2 unspecified atom stereocenters. The van der Waals surface area contributed by atoms with E-state index in [-0.39, 0.29) is 21.8 Å². The van der Waals surface area contributed by atoms with Crippen molar-refractivity contribution in [1.29, 1.82) is 0 Å². The molecule has 2 aromatic carbocycles. The topological polar surface area (TPSA) is 0 Å². The molecule has 2 aromatic rings. The van der Waals surface area contributed by atoms with E-state index in [1.54, 1.807) is 19.6 Å². The molecule has 0 saturated carbocycles. The minimum atomic E-state index is 0.273. The lowest BCUT2D eigenvalue weighted by Crippen LogP contribution is -2.50. The molecular formula is C18H20S2+2. The monoisotopic (exact) mass is 300 g/mol. The van der Waals surface area contributed by atoms with E-state index in [0.717, 1.165) is 16.4 Å². The Morgan fingerprint density at radius 3 is 1.55 bits per heavy atom. The van der Waals surface area contributed by atoms with Gasteiger partial charge in [0.25, 0.3) is 0 Å². The van der Waals surface area contributed by atoms with Crippen LogP contribution < -0.4 is 0 Å². The summed E-state index contributed by atoms with van der Waals surface area (Å²) in [7, 11) is 0.549. The predicted molar refractivity (Wildman–Crippen MR) is 88.8 cm³/mol. The molecule has 0 spiro atoms. The highest BCUT2D eigenvalue weighted by molar-refractivity contribution is 8.06. The van der Waals surface area contributed by atoms with Crippen LogP contribution >= 0.6 is 0 Å². The Bertz CT molecular complexity index is 614. The van der Waals surface area contributed by atoms with E-state index in [4.69, 9.17) is 0 Å². The summed E-state index contributed by atoms with van der Waals surface area (Å²) in [5.74, 6) is 0.755. The number of fused-ring (bicyclic) bond motifs is 1. The first-order valence-electron chi connectivity index (χ1n) is 7.34. The first kappa shape index (κ1) is 12.8. The molecule has 0 N–H and O–H groups in total. The first-order chi connectivity index (χ1) is 9.70. The number of hydrogen-bond donors (Lipinski definition) is 0. The molecule has 3 aliphatic heterocycles. The van der Waals surface area contributed by atoms with Gasteiger partial charge in [-0.3, -0.25) is 0 Å². The third-order valence-electron chi connectivity index (χ3n) is 4.41. The summed E-state index contributed by atoms with van der Waals surface area (Å²) in [6.45, 7) is 7.30. The van der Waals surface area contributed by atoms with Crippen molar-refractivity contribution in [2.24, 2.45) is 5.92 Å². The molecule has 20 heavy (non-hydrogen) atoms. The van der Waals surface area contributed by atoms with Gasteiger partial charge in [0.15, 0.2) is 10.5 Å². The molecule has 0 aromatic heterocycles. The molecule has 102 valence electrons. The Hall–Kier alpha value is -0.860. The highest BCUT2D eigenvalue weighted by atomic mass is 32.2. The van der Waals surface area contributed by atoms with Crippen LogP contribution in [0.3, 0.4) is 0 Å². The fourth-order valence-corrected chi connectivity index (χ4v) is 10.9. The van der Waals surface area contributed by atoms with Gasteiger partial charge in [-0.15, -0.1) is 0 Å². The predicted octanol–water partition coefficient (Wildman–Crippen LogP) is 4.50. The van der Waals surface area contributed by atoms with Gasteiger partial charge in [0.2, 0.25) is 19.6 Å². The molecule has 2 atom stereocenters. The maximum absolute atomic E-state index is 2.49. The molecule has 3 aliphatic rings. The van der Waals surface area contributed by atoms with Crippen LogP contribution in [0.15, 0.2) is 68.1 Å². The highest BCUT2D eigenvalue weighted by Gasteiger charge is 2.64. The number of hydrogen-bond acceptors (Lipinski definition) is 0. The molecule has 3 heterocycles. The molecule has 0 nitrogen and oxygen atoms in total. The molecule has 2 heteroatoms. The van der Waals surface area contributed by atoms with Crippen LogP contribution in [0.25, 0.3) is 0 Å². The van der Waals surface area contributed by atoms with E-state index in [2.05, 4.69) is 69.3 Å². The van der Waals surface area contributed by atoms with Crippen LogP contribution in [0.4, 0.5) is 0 Å². The smallest absolute Gasteiger partial charge is 0.0578 e. The molecule has 0 aliphatic carbocycles. The first-order valence-corrected chi connectivity index (χ1v) is 9.92. The lowest BCUT2D eigenvalue weighted by atomic mass is 10.1. The Balaban J connectivity index is 2.02. The van der Waals surface area contributed by atoms with Gasteiger partial charge < -0.3 is 0 Å². The summed E-state index contributed by atoms with van der Waals surface area (Å²) in [6, 6.07) is 18.4. The Morgan fingerprint density at radius 2 is 1.15 bits per heavy atom. The van der Waals surface area contributed by atoms with Crippen molar-refractivity contribution >= 4 is 21.8 Å². The molecule has 5 rings (SSSR count). The van der Waals surface area contributed by atoms with Crippen molar-refractivity contribution in [3.63, 3.8) is 0 Å². The van der Waals surface area contributed by atoms with Gasteiger partial charge in [0.05, 0.1) is 21.8 Å². The highest BCUT2D eigenvalue weighted by Crippen LogP contribution is 2.53. The largest absolute Gasteiger partial charge is 0.216 e. The number of rotatable bonds is 1. The average molecular weight is 300 g/mol. The van der Waals surface area contributed by atoms with Crippen molar-refractivity contribution in [1.82, 2.24) is 0 Å². The van der Waals surface area contributed by atoms with Crippen molar-refractivity contribution in [3.8, 4) is 0 Å². The fraction of sp³-hybridized carbons (Fsp3) is 0.333. The summed E-state index contributed by atoms with van der Waals surface area (Å²) in [5, 5.41) is 1.59. The van der Waals surface area contributed by atoms with Crippen molar-refractivity contribution in [2.75, 3.05) is 0 Å². The van der Waals surface area contributed by atoms with Gasteiger partial charge in [-0.1, -0.05) is 38.1 Å². The van der Waals surface area contributed by atoms with E-state index >= 15 is 0 Å². The lowest BCUT2D eigenvalue weighted by Gasteiger charge is -2.36. The maximum atomic E-state index is 2.49. The second-order valence-electron chi connectivity index (χ2n) is 5.98. The molecule has 0 fully saturated rings. The van der Waals surface area contributed by atoms with E-state index < -0.39 is 0 Å². The normalized spacial score (nSPS) is 30.2. The summed E-state index contributed by atoms with van der Waals surface area (Å²) in [5.41, 5.74) is 0. The Labute approximate surface area is 127 Å². The standard InChI is InChI=1S/C18H20S2/c1-12(2)18-13(3)19-14-8-4-6-10-16(14)20(18)17-11-7-5-9-15(17)19/h4-13,18H,1-3H3/q+2. The summed E-state index contributed by atoms with van der Waals surface area (Å²) < 4.78 is 0. The van der Waals surface area contributed by atoms with E-state index in [9.17, 15) is 0 Å². The zero-order valence-electron chi connectivity index (χ0n) is 12.2. The average Bonchev–Trinajstić information content (AvgIpc) is 2.47. The molecule has 2 bridgehead atoms. The summed E-state index contributed by atoms with van der Waals surface area (Å²) in [6.07, 6.45) is 0. The van der Waals surface area contributed by atoms with Crippen LogP contribution in [-0.2, 0) is 21.8 Å². The lowest BCUT2D eigenvalue weighted by molar-refractivity contribution is 0.584. The van der Waals surface area contributed by atoms with Crippen LogP contribution in [0.5, 0.6) is 0 Å². The van der Waals surface area contributed by atoms with E-state index in [1.807, 2.05) is 0 Å². The minimum Gasteiger partial charge on any atom is -0.0578 e. The van der Waals surface area contributed by atoms with Gasteiger partial charge in [-0.05, 0) is 31.2 Å². The quantitative estimate of drug-likeness (QED) is 0.680. The van der Waals surface area contributed by atoms with Crippen molar-refractivity contribution in [3.05, 3.63) is 48.5 Å². The van der Waals surface area contributed by atoms with Crippen LogP contribution in [-0.4, -0.2) is 10.5 Å². The van der Waals surface area contributed by atoms with Crippen LogP contribution in [0, 0.1) is 5.92 Å². The van der Waals surface area contributed by atoms with E-state index in [1.165, 1.54) is 0 Å². The Morgan fingerprint density at radius 1 is 0.750 bits per heavy atom. The molecule has 0 radical (unpaired) electrons. The van der Waals surface area contributed by atoms with Gasteiger partial charge in [0.1, 0.15) is 0 Å². The number of benzene rings is 2. The minimum absolute atomic E-state index is 0.273. The zero-order chi connectivity index (χ0) is 13.9. The summed E-state index contributed by atoms with van der Waals surface area (Å²) in [4.78, 5) is 6.51. The second kappa shape index (κ2) is 4.57.